The molecule has 2 amide bonds. The fourth-order valence-corrected chi connectivity index (χ4v) is 4.16. The number of amides is 2. The summed E-state index contributed by atoms with van der Waals surface area (Å²) in [6.07, 6.45) is 0.546. The van der Waals surface area contributed by atoms with Gasteiger partial charge in [-0.15, -0.1) is 10.2 Å². The predicted octanol–water partition coefficient (Wildman–Crippen LogP) is 4.02. The van der Waals surface area contributed by atoms with Crippen molar-refractivity contribution >= 4 is 23.6 Å². The van der Waals surface area contributed by atoms with Crippen LogP contribution in [0.25, 0.3) is 0 Å². The number of thioether (sulfide) groups is 1. The van der Waals surface area contributed by atoms with Crippen LogP contribution < -0.4 is 5.32 Å². The summed E-state index contributed by atoms with van der Waals surface area (Å²) in [6.45, 7) is 16.3. The number of carbonyl (C=O) groups is 2. The molecule has 1 unspecified atom stereocenters. The largest absolute Gasteiger partial charge is 0.415 e. The van der Waals surface area contributed by atoms with Gasteiger partial charge in [0.05, 0.1) is 0 Å². The molecule has 1 aromatic rings. The zero-order valence-corrected chi connectivity index (χ0v) is 17.9. The predicted molar refractivity (Wildman–Crippen MR) is 102 cm³/mol. The van der Waals surface area contributed by atoms with Crippen molar-refractivity contribution in [3.05, 3.63) is 5.89 Å². The van der Waals surface area contributed by atoms with E-state index < -0.39 is 5.92 Å². The van der Waals surface area contributed by atoms with Gasteiger partial charge in [0.15, 0.2) is 0 Å². The number of nitrogens with zero attached hydrogens (tertiary/aromatic N) is 2. The Labute approximate surface area is 160 Å². The van der Waals surface area contributed by atoms with Crippen LogP contribution in [0.3, 0.4) is 0 Å². The van der Waals surface area contributed by atoms with E-state index in [4.69, 9.17) is 4.42 Å². The molecule has 1 fully saturated rings. The van der Waals surface area contributed by atoms with E-state index >= 15 is 0 Å². The van der Waals surface area contributed by atoms with Crippen molar-refractivity contribution in [1.82, 2.24) is 15.5 Å². The number of hydrogen-bond donors (Lipinski definition) is 1. The van der Waals surface area contributed by atoms with Crippen LogP contribution in [0.1, 0.15) is 73.6 Å². The maximum atomic E-state index is 12.8. The van der Waals surface area contributed by atoms with Crippen molar-refractivity contribution in [2.24, 2.45) is 22.7 Å². The van der Waals surface area contributed by atoms with Gasteiger partial charge in [0, 0.05) is 11.2 Å². The van der Waals surface area contributed by atoms with Crippen molar-refractivity contribution in [2.45, 2.75) is 78.2 Å². The van der Waals surface area contributed by atoms with E-state index in [1.54, 1.807) is 0 Å². The first-order chi connectivity index (χ1) is 11.9. The minimum Gasteiger partial charge on any atom is -0.415 e. The molecule has 1 N–H and O–H groups in total. The zero-order valence-electron chi connectivity index (χ0n) is 17.0. The van der Waals surface area contributed by atoms with Gasteiger partial charge in [-0.1, -0.05) is 67.2 Å². The molecule has 7 heteroatoms. The molecule has 1 saturated carbocycles. The maximum absolute atomic E-state index is 12.8. The summed E-state index contributed by atoms with van der Waals surface area (Å²) in [5, 5.41) is 11.4. The standard InChI is InChI=1S/C19H31N3O3S/c1-10(2)9-12(16-21-22-17(25-16)26-11(3)4)14(23)20-15(24)13-18(5,6)19(13,7)8/h10-13H,9H2,1-8H3,(H,20,23,24). The topological polar surface area (TPSA) is 85.1 Å². The van der Waals surface area contributed by atoms with E-state index in [2.05, 4.69) is 43.2 Å². The first-order valence-corrected chi connectivity index (χ1v) is 10.1. The highest BCUT2D eigenvalue weighted by molar-refractivity contribution is 7.99. The number of rotatable bonds is 7. The lowest BCUT2D eigenvalue weighted by Gasteiger charge is -2.15. The lowest BCUT2D eigenvalue weighted by atomic mass is 9.96. The third-order valence-corrected chi connectivity index (χ3v) is 6.45. The average molecular weight is 382 g/mol. The molecular formula is C19H31N3O3S. The number of hydrogen-bond acceptors (Lipinski definition) is 6. The fourth-order valence-electron chi connectivity index (χ4n) is 3.53. The number of imide groups is 1. The van der Waals surface area contributed by atoms with Gasteiger partial charge in [0.25, 0.3) is 5.22 Å². The zero-order chi connectivity index (χ0) is 19.9. The van der Waals surface area contributed by atoms with Crippen molar-refractivity contribution < 1.29 is 14.0 Å². The summed E-state index contributed by atoms with van der Waals surface area (Å²) in [7, 11) is 0. The highest BCUT2D eigenvalue weighted by Crippen LogP contribution is 2.68. The minimum atomic E-state index is -0.613. The van der Waals surface area contributed by atoms with Crippen LogP contribution in [0, 0.1) is 22.7 Å². The Bertz CT molecular complexity index is 665. The molecule has 146 valence electrons. The minimum absolute atomic E-state index is 0.115. The van der Waals surface area contributed by atoms with Crippen LogP contribution in [0.4, 0.5) is 0 Å². The Kier molecular flexibility index (Phi) is 5.90. The highest BCUT2D eigenvalue weighted by atomic mass is 32.2. The number of carbonyl (C=O) groups excluding carboxylic acids is 2. The quantitative estimate of drug-likeness (QED) is 0.718. The molecule has 0 spiro atoms. The fraction of sp³-hybridized carbons (Fsp3) is 0.789. The van der Waals surface area contributed by atoms with E-state index in [1.165, 1.54) is 11.8 Å². The Morgan fingerprint density at radius 3 is 2.15 bits per heavy atom. The second-order valence-electron chi connectivity index (χ2n) is 8.98. The molecule has 2 rings (SSSR count). The van der Waals surface area contributed by atoms with E-state index in [0.717, 1.165) is 0 Å². The van der Waals surface area contributed by atoms with Crippen LogP contribution in [-0.2, 0) is 9.59 Å². The summed E-state index contributed by atoms with van der Waals surface area (Å²) in [4.78, 5) is 25.4. The normalized spacial score (nSPS) is 19.6. The molecule has 1 aromatic heterocycles. The number of nitrogens with one attached hydrogen (secondary N) is 1. The lowest BCUT2D eigenvalue weighted by Crippen LogP contribution is -2.37. The van der Waals surface area contributed by atoms with Gasteiger partial charge in [-0.3, -0.25) is 14.9 Å². The van der Waals surface area contributed by atoms with Crippen LogP contribution >= 0.6 is 11.8 Å². The van der Waals surface area contributed by atoms with Crippen molar-refractivity contribution in [3.8, 4) is 0 Å². The summed E-state index contributed by atoms with van der Waals surface area (Å²) in [5.41, 5.74) is -0.229. The third-order valence-electron chi connectivity index (χ3n) is 5.61. The summed E-state index contributed by atoms with van der Waals surface area (Å²) >= 11 is 1.46. The molecule has 1 atom stereocenters. The molecule has 0 radical (unpaired) electrons. The molecular weight excluding hydrogens is 350 g/mol. The van der Waals surface area contributed by atoms with Crippen LogP contribution in [0.5, 0.6) is 0 Å². The molecule has 6 nitrogen and oxygen atoms in total. The summed E-state index contributed by atoms with van der Waals surface area (Å²) < 4.78 is 5.69. The molecule has 0 aliphatic heterocycles. The number of aromatic nitrogens is 2. The van der Waals surface area contributed by atoms with Gasteiger partial charge in [-0.25, -0.2) is 0 Å². The van der Waals surface area contributed by atoms with E-state index in [9.17, 15) is 9.59 Å². The SMILES string of the molecule is CC(C)CC(C(=O)NC(=O)C1C(C)(C)C1(C)C)c1nnc(SC(C)C)o1. The van der Waals surface area contributed by atoms with Gasteiger partial charge in [-0.2, -0.15) is 0 Å². The van der Waals surface area contributed by atoms with Gasteiger partial charge >= 0.3 is 0 Å². The van der Waals surface area contributed by atoms with Gasteiger partial charge in [0.2, 0.25) is 17.7 Å². The second-order valence-corrected chi connectivity index (χ2v) is 10.5. The van der Waals surface area contributed by atoms with Crippen molar-refractivity contribution in [1.29, 1.82) is 0 Å². The van der Waals surface area contributed by atoms with E-state index in [1.807, 2.05) is 27.7 Å². The molecule has 1 heterocycles. The Hall–Kier alpha value is -1.37. The molecule has 26 heavy (non-hydrogen) atoms. The highest BCUT2D eigenvalue weighted by Gasteiger charge is 2.68. The first-order valence-electron chi connectivity index (χ1n) is 9.22. The van der Waals surface area contributed by atoms with Crippen molar-refractivity contribution in [3.63, 3.8) is 0 Å². The Balaban J connectivity index is 2.13. The smallest absolute Gasteiger partial charge is 0.276 e. The summed E-state index contributed by atoms with van der Waals surface area (Å²) in [5.74, 6) is -0.822. The Morgan fingerprint density at radius 1 is 1.12 bits per heavy atom. The van der Waals surface area contributed by atoms with E-state index in [-0.39, 0.29) is 40.4 Å². The molecule has 0 aromatic carbocycles. The maximum Gasteiger partial charge on any atom is 0.276 e. The van der Waals surface area contributed by atoms with Crippen LogP contribution in [0.2, 0.25) is 0 Å². The third kappa shape index (κ3) is 4.13. The second kappa shape index (κ2) is 7.33. The monoisotopic (exact) mass is 381 g/mol. The molecule has 0 bridgehead atoms. The lowest BCUT2D eigenvalue weighted by molar-refractivity contribution is -0.133. The van der Waals surface area contributed by atoms with E-state index in [0.29, 0.717) is 16.9 Å². The van der Waals surface area contributed by atoms with Crippen LogP contribution in [0.15, 0.2) is 9.64 Å². The Morgan fingerprint density at radius 2 is 1.69 bits per heavy atom. The molecule has 1 aliphatic carbocycles. The average Bonchev–Trinajstić information content (AvgIpc) is 2.78. The first kappa shape index (κ1) is 20.9. The molecule has 0 saturated heterocycles. The van der Waals surface area contributed by atoms with Crippen molar-refractivity contribution in [2.75, 3.05) is 0 Å². The van der Waals surface area contributed by atoms with Crippen LogP contribution in [-0.4, -0.2) is 27.3 Å². The van der Waals surface area contributed by atoms with Gasteiger partial charge in [-0.05, 0) is 23.2 Å². The summed E-state index contributed by atoms with van der Waals surface area (Å²) in [6, 6.07) is 0. The molecule has 1 aliphatic rings. The van der Waals surface area contributed by atoms with Gasteiger partial charge < -0.3 is 4.42 Å². The van der Waals surface area contributed by atoms with Gasteiger partial charge in [0.1, 0.15) is 5.92 Å².